The Morgan fingerprint density at radius 2 is 1.62 bits per heavy atom. The second-order valence-corrected chi connectivity index (χ2v) is 13.7. The van der Waals surface area contributed by atoms with Crippen LogP contribution in [0.5, 0.6) is 5.75 Å². The van der Waals surface area contributed by atoms with E-state index in [-0.39, 0.29) is 18.6 Å². The minimum atomic E-state index is -1.86. The Hall–Kier alpha value is -4.79. The molecule has 47 heavy (non-hydrogen) atoms. The third-order valence-corrected chi connectivity index (χ3v) is 9.59. The lowest BCUT2D eigenvalue weighted by Gasteiger charge is -2.31. The molecule has 0 saturated carbocycles. The first-order valence-electron chi connectivity index (χ1n) is 16.1. The number of aryl methyl sites for hydroxylation is 2. The molecule has 2 aliphatic rings. The van der Waals surface area contributed by atoms with Crippen molar-refractivity contribution < 1.29 is 23.9 Å². The van der Waals surface area contributed by atoms with Gasteiger partial charge in [0.05, 0.1) is 48.7 Å². The van der Waals surface area contributed by atoms with Crippen LogP contribution in [-0.2, 0) is 48.0 Å². The SMILES string of the molecule is CC[C@@]1(O)C(=O)OCc2c1cc1n(c2=O)Cc2cc3c(C[N+](C)(C)Cc4ccc(C)cc4)c(OCc4ccc(C)cc4)ccc3nc2-1. The minimum Gasteiger partial charge on any atom is -0.488 e. The van der Waals surface area contributed by atoms with Crippen molar-refractivity contribution in [3.05, 3.63) is 128 Å². The molecule has 1 atom stereocenters. The summed E-state index contributed by atoms with van der Waals surface area (Å²) in [6, 6.07) is 24.9. The number of esters is 1. The van der Waals surface area contributed by atoms with E-state index in [2.05, 4.69) is 82.5 Å². The highest BCUT2D eigenvalue weighted by atomic mass is 16.6. The van der Waals surface area contributed by atoms with Crippen LogP contribution in [0.4, 0.5) is 0 Å². The quantitative estimate of drug-likeness (QED) is 0.163. The summed E-state index contributed by atoms with van der Waals surface area (Å²) < 4.78 is 14.1. The molecule has 4 heterocycles. The molecule has 0 amide bonds. The summed E-state index contributed by atoms with van der Waals surface area (Å²) in [5.41, 5.74) is 7.34. The number of carbonyl (C=O) groups is 1. The molecular weight excluding hydrogens is 590 g/mol. The number of aromatic nitrogens is 2. The van der Waals surface area contributed by atoms with Gasteiger partial charge in [-0.05, 0) is 50.1 Å². The molecule has 0 aliphatic carbocycles. The van der Waals surface area contributed by atoms with Gasteiger partial charge in [0.25, 0.3) is 5.56 Å². The molecule has 3 aromatic carbocycles. The molecule has 0 spiro atoms. The normalized spacial score (nSPS) is 16.9. The van der Waals surface area contributed by atoms with Gasteiger partial charge in [-0.15, -0.1) is 0 Å². The second-order valence-electron chi connectivity index (χ2n) is 13.7. The maximum absolute atomic E-state index is 13.7. The number of fused-ring (bicyclic) bond motifs is 5. The molecule has 0 bridgehead atoms. The van der Waals surface area contributed by atoms with Gasteiger partial charge in [-0.25, -0.2) is 9.78 Å². The van der Waals surface area contributed by atoms with Crippen LogP contribution >= 0.6 is 0 Å². The Bertz CT molecular complexity index is 2100. The first-order chi connectivity index (χ1) is 22.5. The molecule has 1 N–H and O–H groups in total. The van der Waals surface area contributed by atoms with E-state index in [9.17, 15) is 14.7 Å². The van der Waals surface area contributed by atoms with Gasteiger partial charge < -0.3 is 23.6 Å². The number of hydrogen-bond acceptors (Lipinski definition) is 6. The highest BCUT2D eigenvalue weighted by Crippen LogP contribution is 2.40. The Morgan fingerprint density at radius 3 is 2.30 bits per heavy atom. The molecule has 8 nitrogen and oxygen atoms in total. The van der Waals surface area contributed by atoms with Crippen molar-refractivity contribution in [3.8, 4) is 17.1 Å². The number of aliphatic hydroxyl groups is 1. The molecule has 0 fully saturated rings. The zero-order valence-electron chi connectivity index (χ0n) is 27.6. The van der Waals surface area contributed by atoms with Crippen LogP contribution < -0.4 is 10.3 Å². The van der Waals surface area contributed by atoms with Gasteiger partial charge >= 0.3 is 5.97 Å². The van der Waals surface area contributed by atoms with Crippen LogP contribution in [0.3, 0.4) is 0 Å². The van der Waals surface area contributed by atoms with E-state index in [0.717, 1.165) is 39.9 Å². The largest absolute Gasteiger partial charge is 0.488 e. The summed E-state index contributed by atoms with van der Waals surface area (Å²) in [5, 5.41) is 12.2. The Kier molecular flexibility index (Phi) is 7.53. The van der Waals surface area contributed by atoms with Crippen LogP contribution in [0, 0.1) is 13.8 Å². The summed E-state index contributed by atoms with van der Waals surface area (Å²) in [7, 11) is 4.45. The van der Waals surface area contributed by atoms with Crippen molar-refractivity contribution in [1.82, 2.24) is 9.55 Å². The summed E-state index contributed by atoms with van der Waals surface area (Å²) in [6.45, 7) is 8.04. The molecule has 0 saturated heterocycles. The number of ether oxygens (including phenoxy) is 2. The molecule has 2 aromatic heterocycles. The van der Waals surface area contributed by atoms with E-state index in [1.165, 1.54) is 16.7 Å². The van der Waals surface area contributed by atoms with E-state index in [4.69, 9.17) is 14.5 Å². The monoisotopic (exact) mass is 630 g/mol. The highest BCUT2D eigenvalue weighted by molar-refractivity contribution is 5.89. The van der Waals surface area contributed by atoms with Gasteiger partial charge in [-0.3, -0.25) is 4.79 Å². The first kappa shape index (κ1) is 30.8. The zero-order chi connectivity index (χ0) is 33.1. The predicted octanol–water partition coefficient (Wildman–Crippen LogP) is 6.05. The smallest absolute Gasteiger partial charge is 0.343 e. The fourth-order valence-corrected chi connectivity index (χ4v) is 6.91. The Balaban J connectivity index is 1.32. The third-order valence-electron chi connectivity index (χ3n) is 9.59. The minimum absolute atomic E-state index is 0.102. The lowest BCUT2D eigenvalue weighted by molar-refractivity contribution is -0.916. The van der Waals surface area contributed by atoms with E-state index < -0.39 is 11.6 Å². The van der Waals surface area contributed by atoms with Crippen LogP contribution in [0.1, 0.15) is 57.9 Å². The van der Waals surface area contributed by atoms with E-state index in [0.29, 0.717) is 46.7 Å². The Morgan fingerprint density at radius 1 is 0.936 bits per heavy atom. The summed E-state index contributed by atoms with van der Waals surface area (Å²) >= 11 is 0. The second kappa shape index (κ2) is 11.5. The molecule has 0 unspecified atom stereocenters. The zero-order valence-corrected chi connectivity index (χ0v) is 27.6. The number of cyclic esters (lactones) is 1. The number of rotatable bonds is 8. The van der Waals surface area contributed by atoms with Gasteiger partial charge in [-0.1, -0.05) is 66.6 Å². The number of pyridine rings is 2. The van der Waals surface area contributed by atoms with Crippen LogP contribution in [0.25, 0.3) is 22.3 Å². The topological polar surface area (TPSA) is 90.7 Å². The van der Waals surface area contributed by atoms with E-state index in [1.807, 2.05) is 12.1 Å². The highest BCUT2D eigenvalue weighted by Gasteiger charge is 2.45. The van der Waals surface area contributed by atoms with Crippen LogP contribution in [-0.4, -0.2) is 39.2 Å². The number of benzene rings is 3. The van der Waals surface area contributed by atoms with Gasteiger partial charge in [0.2, 0.25) is 0 Å². The van der Waals surface area contributed by atoms with E-state index >= 15 is 0 Å². The lowest BCUT2D eigenvalue weighted by Crippen LogP contribution is -2.44. The maximum atomic E-state index is 13.7. The standard InChI is InChI=1S/C39H40N3O5/c1-6-39(45)32-18-34-36-28(19-41(34)37(43)31(32)23-47-38(39)44)17-29-30(21-42(4,5)20-26-11-7-24(2)8-12-26)35(16-15-33(29)40-36)46-22-27-13-9-25(3)10-14-27/h7-18,45H,6,19-23H2,1-5H3/q+1/t39-/m0/s1. The van der Waals surface area contributed by atoms with Gasteiger partial charge in [0.15, 0.2) is 5.60 Å². The average molecular weight is 631 g/mol. The number of nitrogens with zero attached hydrogens (tertiary/aromatic N) is 3. The Labute approximate surface area is 274 Å². The van der Waals surface area contributed by atoms with E-state index in [1.54, 1.807) is 17.6 Å². The average Bonchev–Trinajstić information content (AvgIpc) is 3.41. The predicted molar refractivity (Wildman–Crippen MR) is 181 cm³/mol. The maximum Gasteiger partial charge on any atom is 0.343 e. The first-order valence-corrected chi connectivity index (χ1v) is 16.1. The van der Waals surface area contributed by atoms with Gasteiger partial charge in [0.1, 0.15) is 32.1 Å². The fraction of sp³-hybridized carbons (Fsp3) is 0.308. The van der Waals surface area contributed by atoms with Crippen molar-refractivity contribution in [3.63, 3.8) is 0 Å². The molecule has 2 aliphatic heterocycles. The fourth-order valence-electron chi connectivity index (χ4n) is 6.91. The summed E-state index contributed by atoms with van der Waals surface area (Å²) in [4.78, 5) is 31.4. The summed E-state index contributed by atoms with van der Waals surface area (Å²) in [6.07, 6.45) is 0.102. The van der Waals surface area contributed by atoms with Crippen molar-refractivity contribution in [2.45, 2.75) is 65.6 Å². The third kappa shape index (κ3) is 5.51. The van der Waals surface area contributed by atoms with Crippen LogP contribution in [0.2, 0.25) is 0 Å². The number of quaternary nitrogens is 1. The molecule has 8 heteroatoms. The molecule has 7 rings (SSSR count). The van der Waals surface area contributed by atoms with Crippen molar-refractivity contribution in [2.24, 2.45) is 0 Å². The van der Waals surface area contributed by atoms with Crippen molar-refractivity contribution >= 4 is 16.9 Å². The van der Waals surface area contributed by atoms with Crippen LogP contribution in [0.15, 0.2) is 77.6 Å². The molecular formula is C39H40N3O5+. The van der Waals surface area contributed by atoms with Crippen molar-refractivity contribution in [1.29, 1.82) is 0 Å². The molecule has 0 radical (unpaired) electrons. The van der Waals surface area contributed by atoms with Crippen molar-refractivity contribution in [2.75, 3.05) is 14.1 Å². The van der Waals surface area contributed by atoms with Gasteiger partial charge in [-0.2, -0.15) is 0 Å². The van der Waals surface area contributed by atoms with Gasteiger partial charge in [0, 0.05) is 22.1 Å². The lowest BCUT2D eigenvalue weighted by atomic mass is 9.86. The molecule has 240 valence electrons. The summed E-state index contributed by atoms with van der Waals surface area (Å²) in [5.74, 6) is 0.0810. The molecule has 5 aromatic rings. The number of carbonyl (C=O) groups excluding carboxylic acids is 1. The number of hydrogen-bond donors (Lipinski definition) is 1.